The molecule has 0 bridgehead atoms. The van der Waals surface area contributed by atoms with E-state index < -0.39 is 17.5 Å². The molecule has 0 unspecified atom stereocenters. The van der Waals surface area contributed by atoms with Crippen LogP contribution in [-0.2, 0) is 19.5 Å². The van der Waals surface area contributed by atoms with Crippen molar-refractivity contribution in [2.45, 2.75) is 32.9 Å². The maximum absolute atomic E-state index is 13.9. The molecule has 160 valence electrons. The third-order valence-electron chi connectivity index (χ3n) is 5.29. The SMILES string of the molecule is CCN(C)C(=O)c1c(O)c(=NC)c(C(=O)NCc2ccc(F)cc2F)c2n1CCC2. The van der Waals surface area contributed by atoms with Crippen LogP contribution in [0.2, 0.25) is 0 Å². The van der Waals surface area contributed by atoms with Gasteiger partial charge in [0, 0.05) is 51.1 Å². The molecule has 1 aromatic carbocycles. The Bertz CT molecular complexity index is 1080. The number of hydrogen-bond donors (Lipinski definition) is 2. The lowest BCUT2D eigenvalue weighted by atomic mass is 10.1. The average Bonchev–Trinajstić information content (AvgIpc) is 3.19. The lowest BCUT2D eigenvalue weighted by Gasteiger charge is -2.21. The molecule has 1 aromatic heterocycles. The average molecular weight is 418 g/mol. The number of amides is 2. The summed E-state index contributed by atoms with van der Waals surface area (Å²) in [7, 11) is 3.06. The predicted octanol–water partition coefficient (Wildman–Crippen LogP) is 1.97. The quantitative estimate of drug-likeness (QED) is 0.778. The van der Waals surface area contributed by atoms with Crippen LogP contribution in [0.15, 0.2) is 23.2 Å². The molecule has 0 saturated carbocycles. The van der Waals surface area contributed by atoms with Crippen molar-refractivity contribution in [2.24, 2.45) is 4.99 Å². The van der Waals surface area contributed by atoms with Gasteiger partial charge in [-0.1, -0.05) is 6.07 Å². The van der Waals surface area contributed by atoms with Crippen molar-refractivity contribution in [3.8, 4) is 5.75 Å². The number of fused-ring (bicyclic) bond motifs is 1. The minimum absolute atomic E-state index is 0.0214. The molecule has 1 aliphatic rings. The molecule has 0 spiro atoms. The van der Waals surface area contributed by atoms with E-state index in [0.29, 0.717) is 31.6 Å². The van der Waals surface area contributed by atoms with Gasteiger partial charge >= 0.3 is 0 Å². The molecule has 2 heterocycles. The summed E-state index contributed by atoms with van der Waals surface area (Å²) in [5.74, 6) is -2.73. The predicted molar refractivity (Wildman–Crippen MR) is 106 cm³/mol. The summed E-state index contributed by atoms with van der Waals surface area (Å²) in [5, 5.41) is 13.4. The van der Waals surface area contributed by atoms with Gasteiger partial charge in [-0.3, -0.25) is 14.6 Å². The van der Waals surface area contributed by atoms with Crippen molar-refractivity contribution >= 4 is 11.8 Å². The topological polar surface area (TPSA) is 86.9 Å². The molecule has 1 aliphatic heterocycles. The van der Waals surface area contributed by atoms with Crippen LogP contribution < -0.4 is 10.7 Å². The summed E-state index contributed by atoms with van der Waals surface area (Å²) in [5.41, 5.74) is 0.988. The Morgan fingerprint density at radius 2 is 2.07 bits per heavy atom. The number of halogens is 2. The van der Waals surface area contributed by atoms with Crippen molar-refractivity contribution < 1.29 is 23.5 Å². The summed E-state index contributed by atoms with van der Waals surface area (Å²) >= 11 is 0. The highest BCUT2D eigenvalue weighted by Crippen LogP contribution is 2.26. The molecule has 30 heavy (non-hydrogen) atoms. The summed E-state index contributed by atoms with van der Waals surface area (Å²) in [4.78, 5) is 31.3. The summed E-state index contributed by atoms with van der Waals surface area (Å²) in [6.45, 7) is 2.60. The molecular formula is C21H24F2N4O3. The Morgan fingerprint density at radius 3 is 2.70 bits per heavy atom. The van der Waals surface area contributed by atoms with Crippen LogP contribution >= 0.6 is 0 Å². The maximum Gasteiger partial charge on any atom is 0.274 e. The first-order valence-corrected chi connectivity index (χ1v) is 9.69. The summed E-state index contributed by atoms with van der Waals surface area (Å²) in [6.07, 6.45) is 1.24. The Hall–Kier alpha value is -3.23. The van der Waals surface area contributed by atoms with Crippen LogP contribution in [0.4, 0.5) is 8.78 Å². The van der Waals surface area contributed by atoms with E-state index in [-0.39, 0.29) is 40.4 Å². The van der Waals surface area contributed by atoms with Gasteiger partial charge in [0.25, 0.3) is 11.8 Å². The van der Waals surface area contributed by atoms with Crippen LogP contribution in [0.25, 0.3) is 0 Å². The van der Waals surface area contributed by atoms with Gasteiger partial charge in [0.2, 0.25) is 0 Å². The zero-order valence-electron chi connectivity index (χ0n) is 17.1. The fourth-order valence-corrected chi connectivity index (χ4v) is 3.60. The van der Waals surface area contributed by atoms with E-state index >= 15 is 0 Å². The first-order valence-electron chi connectivity index (χ1n) is 9.69. The molecule has 2 aromatic rings. The smallest absolute Gasteiger partial charge is 0.274 e. The van der Waals surface area contributed by atoms with Crippen molar-refractivity contribution in [3.05, 3.63) is 57.7 Å². The Labute approximate surface area is 172 Å². The largest absolute Gasteiger partial charge is 0.504 e. The zero-order valence-corrected chi connectivity index (χ0v) is 17.1. The molecule has 3 rings (SSSR count). The van der Waals surface area contributed by atoms with Gasteiger partial charge in [-0.05, 0) is 25.8 Å². The number of carbonyl (C=O) groups is 2. The third kappa shape index (κ3) is 3.79. The van der Waals surface area contributed by atoms with E-state index in [1.807, 2.05) is 6.92 Å². The summed E-state index contributed by atoms with van der Waals surface area (Å²) < 4.78 is 28.6. The molecule has 0 fully saturated rings. The minimum Gasteiger partial charge on any atom is -0.504 e. The van der Waals surface area contributed by atoms with Gasteiger partial charge in [-0.25, -0.2) is 8.78 Å². The molecule has 0 aliphatic carbocycles. The highest BCUT2D eigenvalue weighted by molar-refractivity contribution is 5.99. The van der Waals surface area contributed by atoms with E-state index in [0.717, 1.165) is 12.1 Å². The second-order valence-electron chi connectivity index (χ2n) is 7.08. The molecule has 2 amide bonds. The standard InChI is InChI=1S/C21H24F2N4O3/c1-4-26(3)21(30)18-19(28)17(24-2)16(15-6-5-9-27(15)18)20(29)25-11-12-7-8-13(22)10-14(12)23/h7-8,10,28H,4-6,9,11H2,1-3H3,(H,25,29). The monoisotopic (exact) mass is 418 g/mol. The highest BCUT2D eigenvalue weighted by Gasteiger charge is 2.30. The van der Waals surface area contributed by atoms with Crippen LogP contribution in [0.5, 0.6) is 5.75 Å². The van der Waals surface area contributed by atoms with E-state index in [1.54, 1.807) is 11.6 Å². The van der Waals surface area contributed by atoms with Gasteiger partial charge in [0.15, 0.2) is 11.4 Å². The van der Waals surface area contributed by atoms with Crippen molar-refractivity contribution in [1.82, 2.24) is 14.8 Å². The number of pyridine rings is 1. The molecule has 0 radical (unpaired) electrons. The number of aromatic hydroxyl groups is 1. The molecule has 7 nitrogen and oxygen atoms in total. The fraction of sp³-hybridized carbons (Fsp3) is 0.381. The third-order valence-corrected chi connectivity index (χ3v) is 5.29. The van der Waals surface area contributed by atoms with Crippen LogP contribution in [0, 0.1) is 11.6 Å². The Kier molecular flexibility index (Phi) is 6.19. The van der Waals surface area contributed by atoms with Crippen LogP contribution in [0.1, 0.15) is 45.4 Å². The molecule has 2 N–H and O–H groups in total. The van der Waals surface area contributed by atoms with E-state index in [1.165, 1.54) is 18.0 Å². The van der Waals surface area contributed by atoms with Gasteiger partial charge in [-0.2, -0.15) is 0 Å². The molecule has 0 saturated heterocycles. The fourth-order valence-electron chi connectivity index (χ4n) is 3.60. The normalized spacial score (nSPS) is 13.3. The van der Waals surface area contributed by atoms with Gasteiger partial charge < -0.3 is 19.9 Å². The first-order chi connectivity index (χ1) is 14.3. The Morgan fingerprint density at radius 1 is 1.33 bits per heavy atom. The number of nitrogens with zero attached hydrogens (tertiary/aromatic N) is 3. The molecule has 9 heteroatoms. The van der Waals surface area contributed by atoms with E-state index in [9.17, 15) is 23.5 Å². The number of rotatable bonds is 5. The first kappa shape index (κ1) is 21.5. The lowest BCUT2D eigenvalue weighted by Crippen LogP contribution is -2.36. The maximum atomic E-state index is 13.9. The van der Waals surface area contributed by atoms with E-state index in [2.05, 4.69) is 10.3 Å². The summed E-state index contributed by atoms with van der Waals surface area (Å²) in [6, 6.07) is 3.12. The zero-order chi connectivity index (χ0) is 22.0. The second kappa shape index (κ2) is 8.64. The van der Waals surface area contributed by atoms with Crippen molar-refractivity contribution in [2.75, 3.05) is 20.6 Å². The van der Waals surface area contributed by atoms with Crippen LogP contribution in [-0.4, -0.2) is 47.0 Å². The molecule has 0 atom stereocenters. The molecular weight excluding hydrogens is 394 g/mol. The number of carbonyl (C=O) groups excluding carboxylic acids is 2. The van der Waals surface area contributed by atoms with Crippen LogP contribution in [0.3, 0.4) is 0 Å². The number of nitrogens with one attached hydrogen (secondary N) is 1. The number of benzene rings is 1. The highest BCUT2D eigenvalue weighted by atomic mass is 19.1. The minimum atomic E-state index is -0.762. The van der Waals surface area contributed by atoms with Gasteiger partial charge in [0.05, 0.1) is 5.56 Å². The van der Waals surface area contributed by atoms with Crippen molar-refractivity contribution in [1.29, 1.82) is 0 Å². The second-order valence-corrected chi connectivity index (χ2v) is 7.08. The number of aromatic nitrogens is 1. The van der Waals surface area contributed by atoms with Gasteiger partial charge in [-0.15, -0.1) is 0 Å². The van der Waals surface area contributed by atoms with Crippen molar-refractivity contribution in [3.63, 3.8) is 0 Å². The number of hydrogen-bond acceptors (Lipinski definition) is 4. The Balaban J connectivity index is 2.03. The van der Waals surface area contributed by atoms with E-state index in [4.69, 9.17) is 0 Å². The lowest BCUT2D eigenvalue weighted by molar-refractivity contribution is 0.0785. The van der Waals surface area contributed by atoms with Gasteiger partial charge in [0.1, 0.15) is 17.0 Å².